The van der Waals surface area contributed by atoms with Crippen LogP contribution in [-0.2, 0) is 0 Å². The Labute approximate surface area is 139 Å². The van der Waals surface area contributed by atoms with Crippen molar-refractivity contribution < 1.29 is 9.53 Å². The second-order valence-electron chi connectivity index (χ2n) is 5.95. The normalized spacial score (nSPS) is 22.3. The van der Waals surface area contributed by atoms with Gasteiger partial charge < -0.3 is 15.8 Å². The Morgan fingerprint density at radius 3 is 2.41 bits per heavy atom. The van der Waals surface area contributed by atoms with Gasteiger partial charge in [-0.3, -0.25) is 4.79 Å². The van der Waals surface area contributed by atoms with Crippen LogP contribution >= 0.6 is 12.4 Å². The molecule has 1 aliphatic rings. The van der Waals surface area contributed by atoms with Crippen molar-refractivity contribution in [1.29, 1.82) is 0 Å². The van der Waals surface area contributed by atoms with Crippen LogP contribution in [0, 0.1) is 0 Å². The van der Waals surface area contributed by atoms with Gasteiger partial charge in [0.25, 0.3) is 5.91 Å². The monoisotopic (exact) mass is 326 g/mol. The molecule has 2 rings (SSSR count). The van der Waals surface area contributed by atoms with E-state index in [1.54, 1.807) is 0 Å². The molecule has 5 heteroatoms. The zero-order chi connectivity index (χ0) is 15.2. The molecule has 22 heavy (non-hydrogen) atoms. The number of rotatable bonds is 5. The van der Waals surface area contributed by atoms with Crippen LogP contribution in [0.25, 0.3) is 0 Å². The van der Waals surface area contributed by atoms with Gasteiger partial charge in [-0.1, -0.05) is 6.92 Å². The van der Waals surface area contributed by atoms with Gasteiger partial charge in [-0.2, -0.15) is 0 Å². The Kier molecular flexibility index (Phi) is 7.69. The van der Waals surface area contributed by atoms with Gasteiger partial charge in [0.1, 0.15) is 5.75 Å². The molecular weight excluding hydrogens is 300 g/mol. The van der Waals surface area contributed by atoms with E-state index >= 15 is 0 Å². The lowest BCUT2D eigenvalue weighted by Crippen LogP contribution is -2.40. The van der Waals surface area contributed by atoms with E-state index in [4.69, 9.17) is 10.5 Å². The number of halogens is 1. The van der Waals surface area contributed by atoms with E-state index in [9.17, 15) is 4.79 Å². The van der Waals surface area contributed by atoms with Gasteiger partial charge in [-0.25, -0.2) is 0 Å². The lowest BCUT2D eigenvalue weighted by Gasteiger charge is -2.26. The molecular formula is C17H27ClN2O2. The van der Waals surface area contributed by atoms with Crippen LogP contribution in [-0.4, -0.2) is 24.1 Å². The third kappa shape index (κ3) is 5.50. The maximum atomic E-state index is 12.2. The predicted molar refractivity (Wildman–Crippen MR) is 91.8 cm³/mol. The summed E-state index contributed by atoms with van der Waals surface area (Å²) in [4.78, 5) is 12.2. The average Bonchev–Trinajstić information content (AvgIpc) is 2.50. The first-order chi connectivity index (χ1) is 10.1. The van der Waals surface area contributed by atoms with Crippen molar-refractivity contribution in [3.63, 3.8) is 0 Å². The first kappa shape index (κ1) is 18.8. The molecule has 1 amide bonds. The zero-order valence-electron chi connectivity index (χ0n) is 13.4. The van der Waals surface area contributed by atoms with Crippen LogP contribution in [0.5, 0.6) is 5.75 Å². The molecule has 1 saturated carbocycles. The minimum Gasteiger partial charge on any atom is -0.491 e. The standard InChI is InChI=1S/C17H26N2O2.ClH/c1-3-12(2)21-16-10-4-13(5-11-16)17(20)19-15-8-6-14(18)7-9-15;/h4-5,10-12,14-15H,3,6-9,18H2,1-2H3,(H,19,20);1H. The van der Waals surface area contributed by atoms with E-state index in [0.29, 0.717) is 11.6 Å². The Balaban J connectivity index is 0.00000242. The number of ether oxygens (including phenoxy) is 1. The van der Waals surface area contributed by atoms with Crippen LogP contribution in [0.15, 0.2) is 24.3 Å². The van der Waals surface area contributed by atoms with Crippen molar-refractivity contribution in [3.05, 3.63) is 29.8 Å². The summed E-state index contributed by atoms with van der Waals surface area (Å²) < 4.78 is 5.71. The highest BCUT2D eigenvalue weighted by atomic mass is 35.5. The fraction of sp³-hybridized carbons (Fsp3) is 0.588. The van der Waals surface area contributed by atoms with Crippen LogP contribution in [0.2, 0.25) is 0 Å². The highest BCUT2D eigenvalue weighted by Gasteiger charge is 2.20. The summed E-state index contributed by atoms with van der Waals surface area (Å²) in [5, 5.41) is 3.09. The maximum Gasteiger partial charge on any atom is 0.251 e. The summed E-state index contributed by atoms with van der Waals surface area (Å²) in [6.45, 7) is 4.12. The molecule has 124 valence electrons. The van der Waals surface area contributed by atoms with Crippen LogP contribution < -0.4 is 15.8 Å². The maximum absolute atomic E-state index is 12.2. The third-order valence-corrected chi connectivity index (χ3v) is 4.14. The summed E-state index contributed by atoms with van der Waals surface area (Å²) in [6.07, 6.45) is 5.09. The first-order valence-corrected chi connectivity index (χ1v) is 7.91. The van der Waals surface area contributed by atoms with Crippen LogP contribution in [0.4, 0.5) is 0 Å². The second-order valence-corrected chi connectivity index (χ2v) is 5.95. The largest absolute Gasteiger partial charge is 0.491 e. The van der Waals surface area contributed by atoms with E-state index in [-0.39, 0.29) is 30.5 Å². The molecule has 0 radical (unpaired) electrons. The summed E-state index contributed by atoms with van der Waals surface area (Å²) in [6, 6.07) is 7.92. The Bertz CT molecular complexity index is 456. The Morgan fingerprint density at radius 2 is 1.86 bits per heavy atom. The summed E-state index contributed by atoms with van der Waals surface area (Å²) >= 11 is 0. The number of carbonyl (C=O) groups is 1. The fourth-order valence-electron chi connectivity index (χ4n) is 2.53. The minimum absolute atomic E-state index is 0. The molecule has 1 aromatic rings. The molecule has 4 nitrogen and oxygen atoms in total. The molecule has 0 bridgehead atoms. The van der Waals surface area contributed by atoms with E-state index in [2.05, 4.69) is 12.2 Å². The molecule has 0 spiro atoms. The van der Waals surface area contributed by atoms with Gasteiger partial charge in [0, 0.05) is 17.6 Å². The molecule has 1 fully saturated rings. The van der Waals surface area contributed by atoms with Crippen molar-refractivity contribution in [2.45, 2.75) is 64.1 Å². The van der Waals surface area contributed by atoms with Gasteiger partial charge in [0.05, 0.1) is 6.10 Å². The topological polar surface area (TPSA) is 64.3 Å². The summed E-state index contributed by atoms with van der Waals surface area (Å²) in [5.74, 6) is 0.801. The van der Waals surface area contributed by atoms with E-state index in [1.165, 1.54) is 0 Å². The second kappa shape index (κ2) is 9.01. The zero-order valence-corrected chi connectivity index (χ0v) is 14.2. The molecule has 0 saturated heterocycles. The van der Waals surface area contributed by atoms with Crippen molar-refractivity contribution in [1.82, 2.24) is 5.32 Å². The van der Waals surface area contributed by atoms with E-state index in [0.717, 1.165) is 37.9 Å². The Hall–Kier alpha value is -1.26. The number of nitrogens with two attached hydrogens (primary N) is 1. The smallest absolute Gasteiger partial charge is 0.251 e. The third-order valence-electron chi connectivity index (χ3n) is 4.14. The lowest BCUT2D eigenvalue weighted by molar-refractivity contribution is 0.0926. The highest BCUT2D eigenvalue weighted by molar-refractivity contribution is 5.94. The molecule has 0 aromatic heterocycles. The van der Waals surface area contributed by atoms with Crippen molar-refractivity contribution >= 4 is 18.3 Å². The molecule has 1 atom stereocenters. The van der Waals surface area contributed by atoms with E-state index < -0.39 is 0 Å². The van der Waals surface area contributed by atoms with Crippen LogP contribution in [0.3, 0.4) is 0 Å². The summed E-state index contributed by atoms with van der Waals surface area (Å²) in [5.41, 5.74) is 6.56. The van der Waals surface area contributed by atoms with Gasteiger partial charge in [0.2, 0.25) is 0 Å². The molecule has 1 aliphatic carbocycles. The number of nitrogens with one attached hydrogen (secondary N) is 1. The molecule has 1 unspecified atom stereocenters. The average molecular weight is 327 g/mol. The number of benzene rings is 1. The highest BCUT2D eigenvalue weighted by Crippen LogP contribution is 2.18. The van der Waals surface area contributed by atoms with Gasteiger partial charge in [0.15, 0.2) is 0 Å². The summed E-state index contributed by atoms with van der Waals surface area (Å²) in [7, 11) is 0. The van der Waals surface area contributed by atoms with Crippen molar-refractivity contribution in [2.75, 3.05) is 0 Å². The minimum atomic E-state index is -0.00874. The number of hydrogen-bond donors (Lipinski definition) is 2. The Morgan fingerprint density at radius 1 is 1.27 bits per heavy atom. The number of carbonyl (C=O) groups excluding carboxylic acids is 1. The first-order valence-electron chi connectivity index (χ1n) is 7.91. The van der Waals surface area contributed by atoms with E-state index in [1.807, 2.05) is 31.2 Å². The molecule has 0 heterocycles. The van der Waals surface area contributed by atoms with Crippen molar-refractivity contribution in [3.8, 4) is 5.75 Å². The molecule has 3 N–H and O–H groups in total. The molecule has 0 aliphatic heterocycles. The van der Waals surface area contributed by atoms with Gasteiger partial charge in [-0.05, 0) is 63.3 Å². The van der Waals surface area contributed by atoms with Crippen LogP contribution in [0.1, 0.15) is 56.3 Å². The van der Waals surface area contributed by atoms with Crippen molar-refractivity contribution in [2.24, 2.45) is 5.73 Å². The lowest BCUT2D eigenvalue weighted by atomic mass is 9.91. The SMILES string of the molecule is CCC(C)Oc1ccc(C(=O)NC2CCC(N)CC2)cc1.Cl. The van der Waals surface area contributed by atoms with Gasteiger partial charge >= 0.3 is 0 Å². The predicted octanol–water partition coefficient (Wildman–Crippen LogP) is 3.29. The number of hydrogen-bond acceptors (Lipinski definition) is 3. The molecule has 1 aromatic carbocycles. The van der Waals surface area contributed by atoms with Gasteiger partial charge in [-0.15, -0.1) is 12.4 Å². The quantitative estimate of drug-likeness (QED) is 0.872. The number of amides is 1. The fourth-order valence-corrected chi connectivity index (χ4v) is 2.53.